The summed E-state index contributed by atoms with van der Waals surface area (Å²) in [4.78, 5) is 11.5. The lowest BCUT2D eigenvalue weighted by molar-refractivity contribution is 0.519. The minimum atomic E-state index is -0.310. The second kappa shape index (κ2) is 4.49. The Morgan fingerprint density at radius 1 is 1.33 bits per heavy atom. The summed E-state index contributed by atoms with van der Waals surface area (Å²) in [6.45, 7) is 0.543. The molecule has 0 unspecified atom stereocenters. The molecule has 0 atom stereocenters. The fourth-order valence-corrected chi connectivity index (χ4v) is 1.69. The number of benzene rings is 1. The van der Waals surface area contributed by atoms with Gasteiger partial charge in [0.15, 0.2) is 5.58 Å². The largest absolute Gasteiger partial charge is 0.420 e. The number of hydrogen-bond donors (Lipinski definition) is 0. The second-order valence-electron chi connectivity index (χ2n) is 3.07. The molecule has 4 heteroatoms. The maximum absolute atomic E-state index is 11.5. The lowest BCUT2D eigenvalue weighted by Gasteiger charge is -1.95. The van der Waals surface area contributed by atoms with Crippen LogP contribution in [0.3, 0.4) is 0 Å². The maximum Gasteiger partial charge on any atom is 0.420 e. The zero-order chi connectivity index (χ0) is 10.7. The van der Waals surface area contributed by atoms with Gasteiger partial charge in [-0.3, -0.25) is 4.57 Å². The van der Waals surface area contributed by atoms with E-state index in [1.54, 1.807) is 10.6 Å². The molecule has 0 saturated carbocycles. The first-order chi connectivity index (χ1) is 7.33. The maximum atomic E-state index is 11.5. The summed E-state index contributed by atoms with van der Waals surface area (Å²) in [5, 5.41) is 0.789. The molecule has 0 amide bonds. The number of rotatable bonds is 3. The van der Waals surface area contributed by atoms with Crippen molar-refractivity contribution in [3.63, 3.8) is 0 Å². The summed E-state index contributed by atoms with van der Waals surface area (Å²) in [6, 6.07) is 7.41. The Bertz CT molecular complexity index is 539. The molecule has 0 bridgehead atoms. The van der Waals surface area contributed by atoms with Crippen LogP contribution >= 0.6 is 15.9 Å². The number of oxazole rings is 1. The summed E-state index contributed by atoms with van der Waals surface area (Å²) in [7, 11) is 0. The number of hydrogen-bond acceptors (Lipinski definition) is 2. The molecule has 0 aliphatic heterocycles. The molecular weight excluding hydrogens is 258 g/mol. The Labute approximate surface area is 95.1 Å². The van der Waals surface area contributed by atoms with E-state index in [1.807, 2.05) is 30.4 Å². The van der Waals surface area contributed by atoms with E-state index in [0.29, 0.717) is 12.1 Å². The Morgan fingerprint density at radius 3 is 2.93 bits per heavy atom. The summed E-state index contributed by atoms with van der Waals surface area (Å²) >= 11 is 3.28. The van der Waals surface area contributed by atoms with Crippen LogP contribution in [0.1, 0.15) is 0 Å². The standard InChI is InChI=1S/C11H10BrNO2/c12-7-3-4-8-13-9-5-1-2-6-10(9)15-11(13)14/h1-6H,7-8H2/b4-3+. The number of fused-ring (bicyclic) bond motifs is 1. The molecular formula is C11H10BrNO2. The highest BCUT2D eigenvalue weighted by atomic mass is 79.9. The van der Waals surface area contributed by atoms with E-state index in [2.05, 4.69) is 15.9 Å². The van der Waals surface area contributed by atoms with Crippen LogP contribution in [0.25, 0.3) is 11.1 Å². The van der Waals surface area contributed by atoms with Gasteiger partial charge in [0.05, 0.1) is 5.52 Å². The first kappa shape index (κ1) is 10.2. The number of alkyl halides is 1. The van der Waals surface area contributed by atoms with Crippen molar-refractivity contribution in [1.82, 2.24) is 4.57 Å². The van der Waals surface area contributed by atoms with E-state index in [-0.39, 0.29) is 5.76 Å². The summed E-state index contributed by atoms with van der Waals surface area (Å²) < 4.78 is 6.70. The molecule has 2 rings (SSSR count). The van der Waals surface area contributed by atoms with Crippen molar-refractivity contribution in [1.29, 1.82) is 0 Å². The van der Waals surface area contributed by atoms with Crippen molar-refractivity contribution in [3.05, 3.63) is 47.0 Å². The third kappa shape index (κ3) is 2.04. The van der Waals surface area contributed by atoms with Gasteiger partial charge in [0.25, 0.3) is 0 Å². The number of para-hydroxylation sites is 2. The van der Waals surface area contributed by atoms with Crippen LogP contribution in [0.5, 0.6) is 0 Å². The zero-order valence-electron chi connectivity index (χ0n) is 8.02. The molecule has 0 radical (unpaired) electrons. The summed E-state index contributed by atoms with van der Waals surface area (Å²) in [6.07, 6.45) is 3.88. The molecule has 15 heavy (non-hydrogen) atoms. The van der Waals surface area contributed by atoms with Crippen molar-refractivity contribution in [2.24, 2.45) is 0 Å². The smallest absolute Gasteiger partial charge is 0.408 e. The molecule has 0 fully saturated rings. The van der Waals surface area contributed by atoms with Gasteiger partial charge in [-0.25, -0.2) is 4.79 Å². The minimum absolute atomic E-state index is 0.310. The predicted molar refractivity (Wildman–Crippen MR) is 63.4 cm³/mol. The van der Waals surface area contributed by atoms with Crippen LogP contribution in [0, 0.1) is 0 Å². The van der Waals surface area contributed by atoms with Crippen LogP contribution in [0.4, 0.5) is 0 Å². The minimum Gasteiger partial charge on any atom is -0.408 e. The molecule has 1 heterocycles. The van der Waals surface area contributed by atoms with Gasteiger partial charge in [0.2, 0.25) is 0 Å². The monoisotopic (exact) mass is 267 g/mol. The predicted octanol–water partition coefficient (Wildman–Crippen LogP) is 2.55. The Balaban J connectivity index is 2.45. The van der Waals surface area contributed by atoms with Crippen LogP contribution in [0.15, 0.2) is 45.6 Å². The Morgan fingerprint density at radius 2 is 2.13 bits per heavy atom. The first-order valence-corrected chi connectivity index (χ1v) is 5.74. The average molecular weight is 268 g/mol. The zero-order valence-corrected chi connectivity index (χ0v) is 9.61. The molecule has 1 aromatic carbocycles. The van der Waals surface area contributed by atoms with E-state index >= 15 is 0 Å². The number of aromatic nitrogens is 1. The average Bonchev–Trinajstić information content (AvgIpc) is 2.56. The SMILES string of the molecule is O=c1oc2ccccc2n1C/C=C/CBr. The van der Waals surface area contributed by atoms with Gasteiger partial charge in [0, 0.05) is 11.9 Å². The van der Waals surface area contributed by atoms with Gasteiger partial charge in [-0.15, -0.1) is 0 Å². The number of halogens is 1. The third-order valence-electron chi connectivity index (χ3n) is 2.12. The fraction of sp³-hybridized carbons (Fsp3) is 0.182. The molecule has 0 spiro atoms. The van der Waals surface area contributed by atoms with E-state index < -0.39 is 0 Å². The van der Waals surface area contributed by atoms with Crippen LogP contribution in [0.2, 0.25) is 0 Å². The lowest BCUT2D eigenvalue weighted by Crippen LogP contribution is -2.12. The van der Waals surface area contributed by atoms with Gasteiger partial charge in [-0.05, 0) is 12.1 Å². The molecule has 1 aromatic heterocycles. The van der Waals surface area contributed by atoms with Crippen molar-refractivity contribution >= 4 is 27.0 Å². The molecule has 0 N–H and O–H groups in total. The van der Waals surface area contributed by atoms with Gasteiger partial charge >= 0.3 is 5.76 Å². The molecule has 78 valence electrons. The van der Waals surface area contributed by atoms with Crippen LogP contribution in [-0.2, 0) is 6.54 Å². The third-order valence-corrected chi connectivity index (χ3v) is 2.49. The highest BCUT2D eigenvalue weighted by Gasteiger charge is 2.05. The van der Waals surface area contributed by atoms with E-state index in [0.717, 1.165) is 10.8 Å². The van der Waals surface area contributed by atoms with E-state index in [4.69, 9.17) is 4.42 Å². The van der Waals surface area contributed by atoms with Gasteiger partial charge in [0.1, 0.15) is 0 Å². The molecule has 0 aliphatic rings. The van der Waals surface area contributed by atoms with Crippen LogP contribution < -0.4 is 5.76 Å². The van der Waals surface area contributed by atoms with Crippen molar-refractivity contribution in [3.8, 4) is 0 Å². The van der Waals surface area contributed by atoms with Gasteiger partial charge < -0.3 is 4.42 Å². The van der Waals surface area contributed by atoms with Gasteiger partial charge in [-0.2, -0.15) is 0 Å². The normalized spacial score (nSPS) is 11.5. The fourth-order valence-electron chi connectivity index (χ4n) is 1.43. The highest BCUT2D eigenvalue weighted by molar-refractivity contribution is 9.09. The number of nitrogens with zero attached hydrogens (tertiary/aromatic N) is 1. The lowest BCUT2D eigenvalue weighted by atomic mass is 10.3. The van der Waals surface area contributed by atoms with Crippen molar-refractivity contribution < 1.29 is 4.42 Å². The number of allylic oxidation sites excluding steroid dienone is 2. The van der Waals surface area contributed by atoms with Crippen molar-refractivity contribution in [2.45, 2.75) is 6.54 Å². The van der Waals surface area contributed by atoms with Gasteiger partial charge in [-0.1, -0.05) is 40.2 Å². The first-order valence-electron chi connectivity index (χ1n) is 4.62. The topological polar surface area (TPSA) is 35.1 Å². The van der Waals surface area contributed by atoms with Crippen LogP contribution in [-0.4, -0.2) is 9.90 Å². The molecule has 0 aliphatic carbocycles. The van der Waals surface area contributed by atoms with E-state index in [1.165, 1.54) is 0 Å². The summed E-state index contributed by atoms with van der Waals surface area (Å²) in [5.74, 6) is -0.310. The molecule has 2 aromatic rings. The summed E-state index contributed by atoms with van der Waals surface area (Å²) in [5.41, 5.74) is 1.47. The Kier molecular flexibility index (Phi) is 3.06. The highest BCUT2D eigenvalue weighted by Crippen LogP contribution is 2.11. The van der Waals surface area contributed by atoms with E-state index in [9.17, 15) is 4.79 Å². The van der Waals surface area contributed by atoms with Crippen molar-refractivity contribution in [2.75, 3.05) is 5.33 Å². The quantitative estimate of drug-likeness (QED) is 0.633. The molecule has 3 nitrogen and oxygen atoms in total. The second-order valence-corrected chi connectivity index (χ2v) is 3.72. The molecule has 0 saturated heterocycles. The Hall–Kier alpha value is -1.29.